The minimum absolute atomic E-state index is 0.170. The van der Waals surface area contributed by atoms with E-state index in [2.05, 4.69) is 10.3 Å². The average Bonchev–Trinajstić information content (AvgIpc) is 2.62. The molecule has 3 rings (SSSR count). The molecule has 8 heteroatoms. The molecule has 0 unspecified atom stereocenters. The standard InChI is InChI=1S/C17H16F2N4O2/c18-12-1-2-14(15(19)11-12)16(24)22-7-9-23(10-8-22)17(25)21-13-3-5-20-6-4-13/h1-6,11H,7-10H2,(H,20,21,25). The molecule has 1 N–H and O–H groups in total. The fraction of sp³-hybridized carbons (Fsp3) is 0.235. The van der Waals surface area contributed by atoms with Crippen LogP contribution in [0.3, 0.4) is 0 Å². The normalized spacial score (nSPS) is 14.3. The van der Waals surface area contributed by atoms with Crippen molar-refractivity contribution in [2.45, 2.75) is 0 Å². The van der Waals surface area contributed by atoms with E-state index in [4.69, 9.17) is 0 Å². The predicted molar refractivity (Wildman–Crippen MR) is 87.1 cm³/mol. The van der Waals surface area contributed by atoms with E-state index in [0.29, 0.717) is 24.8 Å². The van der Waals surface area contributed by atoms with Gasteiger partial charge in [0.25, 0.3) is 5.91 Å². The number of hydrogen-bond donors (Lipinski definition) is 1. The minimum Gasteiger partial charge on any atom is -0.335 e. The number of amides is 3. The first-order valence-electron chi connectivity index (χ1n) is 7.75. The highest BCUT2D eigenvalue weighted by molar-refractivity contribution is 5.95. The van der Waals surface area contributed by atoms with Crippen LogP contribution in [0.15, 0.2) is 42.7 Å². The molecule has 1 saturated heterocycles. The van der Waals surface area contributed by atoms with Crippen LogP contribution >= 0.6 is 0 Å². The van der Waals surface area contributed by atoms with Crippen LogP contribution in [0.1, 0.15) is 10.4 Å². The summed E-state index contributed by atoms with van der Waals surface area (Å²) >= 11 is 0. The quantitative estimate of drug-likeness (QED) is 0.908. The lowest BCUT2D eigenvalue weighted by Gasteiger charge is -2.34. The van der Waals surface area contributed by atoms with E-state index < -0.39 is 17.5 Å². The molecule has 2 aromatic rings. The number of nitrogens with zero attached hydrogens (tertiary/aromatic N) is 3. The summed E-state index contributed by atoms with van der Waals surface area (Å²) in [5, 5.41) is 2.74. The van der Waals surface area contributed by atoms with E-state index in [1.54, 1.807) is 29.4 Å². The summed E-state index contributed by atoms with van der Waals surface area (Å²) in [4.78, 5) is 31.4. The maximum absolute atomic E-state index is 13.7. The van der Waals surface area contributed by atoms with Gasteiger partial charge in [-0.3, -0.25) is 9.78 Å². The lowest BCUT2D eigenvalue weighted by molar-refractivity contribution is 0.0667. The minimum atomic E-state index is -0.886. The van der Waals surface area contributed by atoms with Gasteiger partial charge in [0.2, 0.25) is 0 Å². The lowest BCUT2D eigenvalue weighted by Crippen LogP contribution is -2.51. The topological polar surface area (TPSA) is 65.5 Å². The summed E-state index contributed by atoms with van der Waals surface area (Å²) in [7, 11) is 0. The van der Waals surface area contributed by atoms with Crippen molar-refractivity contribution < 1.29 is 18.4 Å². The van der Waals surface area contributed by atoms with Gasteiger partial charge >= 0.3 is 6.03 Å². The summed E-state index contributed by atoms with van der Waals surface area (Å²) in [6.07, 6.45) is 3.15. The van der Waals surface area contributed by atoms with E-state index in [1.165, 1.54) is 4.90 Å². The van der Waals surface area contributed by atoms with E-state index in [0.717, 1.165) is 12.1 Å². The molecule has 1 aliphatic rings. The van der Waals surface area contributed by atoms with Gasteiger partial charge in [0.05, 0.1) is 5.56 Å². The Hall–Kier alpha value is -3.03. The molecule has 0 atom stereocenters. The van der Waals surface area contributed by atoms with Gasteiger partial charge in [0, 0.05) is 50.3 Å². The zero-order valence-electron chi connectivity index (χ0n) is 13.3. The molecule has 0 spiro atoms. The number of anilines is 1. The fourth-order valence-electron chi connectivity index (χ4n) is 2.58. The summed E-state index contributed by atoms with van der Waals surface area (Å²) in [5.74, 6) is -2.12. The molecule has 0 aliphatic carbocycles. The fourth-order valence-corrected chi connectivity index (χ4v) is 2.58. The molecule has 1 aromatic carbocycles. The van der Waals surface area contributed by atoms with Crippen molar-refractivity contribution in [3.05, 3.63) is 59.9 Å². The van der Waals surface area contributed by atoms with E-state index in [1.807, 2.05) is 0 Å². The number of rotatable bonds is 2. The zero-order valence-corrected chi connectivity index (χ0v) is 13.3. The largest absolute Gasteiger partial charge is 0.335 e. The van der Waals surface area contributed by atoms with Gasteiger partial charge < -0.3 is 15.1 Å². The number of pyridine rings is 1. The highest BCUT2D eigenvalue weighted by Crippen LogP contribution is 2.14. The monoisotopic (exact) mass is 346 g/mol. The number of halogens is 2. The first-order chi connectivity index (χ1) is 12.0. The smallest absolute Gasteiger partial charge is 0.321 e. The van der Waals surface area contributed by atoms with Crippen molar-refractivity contribution in [3.63, 3.8) is 0 Å². The molecule has 25 heavy (non-hydrogen) atoms. The summed E-state index contributed by atoms with van der Waals surface area (Å²) in [5.41, 5.74) is 0.461. The molecule has 1 fully saturated rings. The molecule has 1 aromatic heterocycles. The van der Waals surface area contributed by atoms with Crippen molar-refractivity contribution in [3.8, 4) is 0 Å². The number of urea groups is 1. The van der Waals surface area contributed by atoms with Crippen molar-refractivity contribution in [2.75, 3.05) is 31.5 Å². The Bertz CT molecular complexity index is 777. The second kappa shape index (κ2) is 7.25. The van der Waals surface area contributed by atoms with Crippen LogP contribution < -0.4 is 5.32 Å². The van der Waals surface area contributed by atoms with Gasteiger partial charge in [0.15, 0.2) is 0 Å². The Kier molecular flexibility index (Phi) is 4.87. The number of aromatic nitrogens is 1. The van der Waals surface area contributed by atoms with Crippen LogP contribution in [0, 0.1) is 11.6 Å². The van der Waals surface area contributed by atoms with Crippen molar-refractivity contribution >= 4 is 17.6 Å². The average molecular weight is 346 g/mol. The second-order valence-electron chi connectivity index (χ2n) is 5.57. The third-order valence-corrected chi connectivity index (χ3v) is 3.95. The Balaban J connectivity index is 1.58. The van der Waals surface area contributed by atoms with E-state index in [-0.39, 0.29) is 24.7 Å². The summed E-state index contributed by atoms with van der Waals surface area (Å²) in [6, 6.07) is 5.95. The van der Waals surface area contributed by atoms with Crippen LogP contribution in [0.4, 0.5) is 19.3 Å². The van der Waals surface area contributed by atoms with Gasteiger partial charge in [-0.25, -0.2) is 13.6 Å². The maximum atomic E-state index is 13.7. The Morgan fingerprint density at radius 3 is 2.24 bits per heavy atom. The van der Waals surface area contributed by atoms with Gasteiger partial charge in [-0.05, 0) is 24.3 Å². The molecule has 6 nitrogen and oxygen atoms in total. The molecule has 0 saturated carbocycles. The van der Waals surface area contributed by atoms with E-state index >= 15 is 0 Å². The van der Waals surface area contributed by atoms with Crippen molar-refractivity contribution in [2.24, 2.45) is 0 Å². The van der Waals surface area contributed by atoms with Crippen LogP contribution in [0.25, 0.3) is 0 Å². The third kappa shape index (κ3) is 3.90. The van der Waals surface area contributed by atoms with Gasteiger partial charge in [0.1, 0.15) is 11.6 Å². The molecule has 3 amide bonds. The first-order valence-corrected chi connectivity index (χ1v) is 7.75. The maximum Gasteiger partial charge on any atom is 0.321 e. The summed E-state index contributed by atoms with van der Waals surface area (Å²) in [6.45, 7) is 1.20. The number of benzene rings is 1. The zero-order chi connectivity index (χ0) is 17.8. The van der Waals surface area contributed by atoms with Crippen LogP contribution in [0.5, 0.6) is 0 Å². The van der Waals surface area contributed by atoms with Crippen LogP contribution in [-0.4, -0.2) is 52.9 Å². The number of piperazine rings is 1. The van der Waals surface area contributed by atoms with Gasteiger partial charge in [-0.2, -0.15) is 0 Å². The Morgan fingerprint density at radius 1 is 0.960 bits per heavy atom. The van der Waals surface area contributed by atoms with Crippen LogP contribution in [-0.2, 0) is 0 Å². The number of hydrogen-bond acceptors (Lipinski definition) is 3. The van der Waals surface area contributed by atoms with Crippen LogP contribution in [0.2, 0.25) is 0 Å². The Morgan fingerprint density at radius 2 is 1.60 bits per heavy atom. The SMILES string of the molecule is O=C(Nc1ccncc1)N1CCN(C(=O)c2ccc(F)cc2F)CC1. The lowest BCUT2D eigenvalue weighted by atomic mass is 10.1. The Labute approximate surface area is 143 Å². The molecular weight excluding hydrogens is 330 g/mol. The molecule has 130 valence electrons. The van der Waals surface area contributed by atoms with E-state index in [9.17, 15) is 18.4 Å². The van der Waals surface area contributed by atoms with Gasteiger partial charge in [-0.1, -0.05) is 0 Å². The second-order valence-corrected chi connectivity index (χ2v) is 5.57. The number of nitrogens with one attached hydrogen (secondary N) is 1. The summed E-state index contributed by atoms with van der Waals surface area (Å²) < 4.78 is 26.7. The van der Waals surface area contributed by atoms with Crippen molar-refractivity contribution in [1.29, 1.82) is 0 Å². The molecule has 2 heterocycles. The first kappa shape index (κ1) is 16.8. The van der Waals surface area contributed by atoms with Crippen molar-refractivity contribution in [1.82, 2.24) is 14.8 Å². The third-order valence-electron chi connectivity index (χ3n) is 3.95. The number of carbonyl (C=O) groups excluding carboxylic acids is 2. The molecule has 1 aliphatic heterocycles. The molecular formula is C17H16F2N4O2. The number of carbonyl (C=O) groups is 2. The highest BCUT2D eigenvalue weighted by Gasteiger charge is 2.26. The highest BCUT2D eigenvalue weighted by atomic mass is 19.1. The predicted octanol–water partition coefficient (Wildman–Crippen LogP) is 2.35. The molecule has 0 radical (unpaired) electrons. The molecule has 0 bridgehead atoms. The van der Waals surface area contributed by atoms with Gasteiger partial charge in [-0.15, -0.1) is 0 Å².